The highest BCUT2D eigenvalue weighted by molar-refractivity contribution is 7.98. The number of fused-ring (bicyclic) bond motifs is 1. The van der Waals surface area contributed by atoms with Crippen LogP contribution >= 0.6 is 23.1 Å². The van der Waals surface area contributed by atoms with Crippen molar-refractivity contribution in [2.24, 2.45) is 0 Å². The van der Waals surface area contributed by atoms with Crippen molar-refractivity contribution < 1.29 is 9.47 Å². The van der Waals surface area contributed by atoms with Gasteiger partial charge in [0.15, 0.2) is 11.5 Å². The van der Waals surface area contributed by atoms with E-state index in [1.54, 1.807) is 41.8 Å². The minimum atomic E-state index is 0.633. The fraction of sp³-hybridized carbons (Fsp3) is 0.300. The van der Waals surface area contributed by atoms with Crippen molar-refractivity contribution >= 4 is 28.9 Å². The molecule has 3 heterocycles. The summed E-state index contributed by atoms with van der Waals surface area (Å²) in [5, 5.41) is 8.23. The molecule has 0 bridgehead atoms. The number of para-hydroxylation sites is 1. The lowest BCUT2D eigenvalue weighted by Gasteiger charge is -2.10. The zero-order valence-corrected chi connectivity index (χ0v) is 18.5. The summed E-state index contributed by atoms with van der Waals surface area (Å²) in [5.74, 6) is 2.70. The van der Waals surface area contributed by atoms with Gasteiger partial charge >= 0.3 is 0 Å². The lowest BCUT2D eigenvalue weighted by Crippen LogP contribution is -2.02. The number of benzene rings is 1. The summed E-state index contributed by atoms with van der Waals surface area (Å²) >= 11 is 3.13. The second-order valence-electron chi connectivity index (χ2n) is 6.49. The van der Waals surface area contributed by atoms with Crippen molar-refractivity contribution in [1.82, 2.24) is 24.6 Å². The Bertz CT molecular complexity index is 1190. The van der Waals surface area contributed by atoms with Crippen molar-refractivity contribution in [3.05, 3.63) is 46.2 Å². The molecular weight excluding hydrogens is 406 g/mol. The van der Waals surface area contributed by atoms with Gasteiger partial charge in [-0.15, -0.1) is 16.4 Å². The third-order valence-electron chi connectivity index (χ3n) is 4.78. The van der Waals surface area contributed by atoms with Crippen LogP contribution in [-0.2, 0) is 5.75 Å². The van der Waals surface area contributed by atoms with Crippen LogP contribution in [0.3, 0.4) is 0 Å². The van der Waals surface area contributed by atoms with Crippen molar-refractivity contribution in [3.63, 3.8) is 0 Å². The summed E-state index contributed by atoms with van der Waals surface area (Å²) in [7, 11) is 3.27. The Labute approximate surface area is 177 Å². The highest BCUT2D eigenvalue weighted by atomic mass is 32.2. The number of thioether (sulfide) groups is 1. The lowest BCUT2D eigenvalue weighted by atomic mass is 10.2. The molecule has 4 aromatic rings. The molecule has 0 spiro atoms. The van der Waals surface area contributed by atoms with Crippen molar-refractivity contribution in [2.75, 3.05) is 14.2 Å². The van der Waals surface area contributed by atoms with Gasteiger partial charge in [0.1, 0.15) is 5.01 Å². The Morgan fingerprint density at radius 1 is 1.07 bits per heavy atom. The van der Waals surface area contributed by atoms with E-state index in [1.807, 2.05) is 32.0 Å². The van der Waals surface area contributed by atoms with Crippen LogP contribution in [0.15, 0.2) is 28.7 Å². The van der Waals surface area contributed by atoms with Gasteiger partial charge in [-0.05, 0) is 38.5 Å². The molecule has 0 saturated heterocycles. The van der Waals surface area contributed by atoms with E-state index in [0.29, 0.717) is 28.2 Å². The predicted octanol–water partition coefficient (Wildman–Crippen LogP) is 4.48. The molecule has 0 aliphatic carbocycles. The van der Waals surface area contributed by atoms with E-state index in [2.05, 4.69) is 27.4 Å². The number of aryl methyl sites for hydroxylation is 2. The van der Waals surface area contributed by atoms with E-state index in [-0.39, 0.29) is 0 Å². The van der Waals surface area contributed by atoms with Gasteiger partial charge in [-0.25, -0.2) is 14.5 Å². The van der Waals surface area contributed by atoms with Crippen LogP contribution in [0.2, 0.25) is 0 Å². The topological polar surface area (TPSA) is 74.4 Å². The van der Waals surface area contributed by atoms with Gasteiger partial charge in [-0.2, -0.15) is 4.98 Å². The first kappa shape index (κ1) is 19.7. The third kappa shape index (κ3) is 3.67. The van der Waals surface area contributed by atoms with Crippen LogP contribution in [0.1, 0.15) is 22.6 Å². The number of hydrogen-bond donors (Lipinski definition) is 0. The van der Waals surface area contributed by atoms with E-state index >= 15 is 0 Å². The molecule has 1 aromatic carbocycles. The molecule has 0 unspecified atom stereocenters. The van der Waals surface area contributed by atoms with Gasteiger partial charge < -0.3 is 9.47 Å². The molecule has 4 rings (SSSR count). The first-order valence-electron chi connectivity index (χ1n) is 9.01. The highest BCUT2D eigenvalue weighted by Crippen LogP contribution is 2.39. The molecule has 0 aliphatic rings. The Morgan fingerprint density at radius 2 is 1.90 bits per heavy atom. The fourth-order valence-electron chi connectivity index (χ4n) is 2.99. The summed E-state index contributed by atoms with van der Waals surface area (Å²) in [5.41, 5.74) is 5.07. The molecule has 7 nitrogen and oxygen atoms in total. The Balaban J connectivity index is 1.55. The molecule has 0 atom stereocenters. The molecule has 9 heteroatoms. The summed E-state index contributed by atoms with van der Waals surface area (Å²) < 4.78 is 12.7. The first-order valence-corrected chi connectivity index (χ1v) is 10.9. The molecule has 0 radical (unpaired) electrons. The van der Waals surface area contributed by atoms with Crippen molar-refractivity contribution in [3.8, 4) is 22.1 Å². The van der Waals surface area contributed by atoms with Crippen LogP contribution in [0.5, 0.6) is 11.5 Å². The van der Waals surface area contributed by atoms with Crippen LogP contribution in [0.25, 0.3) is 16.3 Å². The van der Waals surface area contributed by atoms with Gasteiger partial charge in [-0.3, -0.25) is 0 Å². The van der Waals surface area contributed by atoms with Crippen molar-refractivity contribution in [2.45, 2.75) is 31.7 Å². The highest BCUT2D eigenvalue weighted by Gasteiger charge is 2.16. The van der Waals surface area contributed by atoms with Crippen LogP contribution in [-0.4, -0.2) is 38.8 Å². The van der Waals surface area contributed by atoms with Gasteiger partial charge in [0.05, 0.1) is 25.5 Å². The molecule has 0 N–H and O–H groups in total. The maximum atomic E-state index is 5.53. The van der Waals surface area contributed by atoms with Crippen LogP contribution < -0.4 is 9.47 Å². The average molecular weight is 428 g/mol. The van der Waals surface area contributed by atoms with Gasteiger partial charge in [-0.1, -0.05) is 17.8 Å². The smallest absolute Gasteiger partial charge is 0.253 e. The maximum Gasteiger partial charge on any atom is 0.253 e. The Hall–Kier alpha value is -2.65. The van der Waals surface area contributed by atoms with Crippen molar-refractivity contribution in [1.29, 1.82) is 0 Å². The molecule has 29 heavy (non-hydrogen) atoms. The number of nitrogens with zero attached hydrogens (tertiary/aromatic N) is 5. The second kappa shape index (κ2) is 8.00. The lowest BCUT2D eigenvalue weighted by molar-refractivity contribution is 0.356. The zero-order chi connectivity index (χ0) is 20.5. The first-order chi connectivity index (χ1) is 14.0. The van der Waals surface area contributed by atoms with E-state index in [9.17, 15) is 0 Å². The Morgan fingerprint density at radius 3 is 2.66 bits per heavy atom. The number of ether oxygens (including phenoxy) is 2. The standard InChI is InChI=1S/C20H21N5O2S2/c1-11-12(2)21-19-23-20(24-25(19)13(11)3)29-10-14-9-28-18(22-14)15-7-6-8-16(26-4)17(15)27-5/h6-9H,10H2,1-5H3. The summed E-state index contributed by atoms with van der Waals surface area (Å²) in [6, 6.07) is 5.80. The quantitative estimate of drug-likeness (QED) is 0.420. The number of hydrogen-bond acceptors (Lipinski definition) is 8. The predicted molar refractivity (Wildman–Crippen MR) is 115 cm³/mol. The van der Waals surface area contributed by atoms with Crippen LogP contribution in [0, 0.1) is 20.8 Å². The SMILES string of the molecule is COc1cccc(-c2nc(CSc3nc4nc(C)c(C)c(C)n4n3)cs2)c1OC. The molecule has 0 saturated carbocycles. The largest absolute Gasteiger partial charge is 0.493 e. The van der Waals surface area contributed by atoms with Gasteiger partial charge in [0, 0.05) is 22.5 Å². The summed E-state index contributed by atoms with van der Waals surface area (Å²) in [6.07, 6.45) is 0. The van der Waals surface area contributed by atoms with Crippen LogP contribution in [0.4, 0.5) is 0 Å². The summed E-state index contributed by atoms with van der Waals surface area (Å²) in [6.45, 7) is 6.08. The minimum Gasteiger partial charge on any atom is -0.493 e. The number of aromatic nitrogens is 5. The van der Waals surface area contributed by atoms with E-state index < -0.39 is 0 Å². The molecule has 0 amide bonds. The van der Waals surface area contributed by atoms with E-state index in [4.69, 9.17) is 14.5 Å². The number of thiazole rings is 1. The average Bonchev–Trinajstić information content (AvgIpc) is 3.36. The number of methoxy groups -OCH3 is 2. The number of rotatable bonds is 6. The normalized spacial score (nSPS) is 11.2. The van der Waals surface area contributed by atoms with Gasteiger partial charge in [0.25, 0.3) is 5.78 Å². The van der Waals surface area contributed by atoms with E-state index in [1.165, 1.54) is 0 Å². The monoisotopic (exact) mass is 427 g/mol. The molecule has 150 valence electrons. The Kier molecular flexibility index (Phi) is 5.42. The maximum absolute atomic E-state index is 5.53. The third-order valence-corrected chi connectivity index (χ3v) is 6.57. The fourth-order valence-corrected chi connectivity index (χ4v) is 4.65. The molecule has 0 aliphatic heterocycles. The second-order valence-corrected chi connectivity index (χ2v) is 8.29. The summed E-state index contributed by atoms with van der Waals surface area (Å²) in [4.78, 5) is 13.8. The van der Waals surface area contributed by atoms with Gasteiger partial charge in [0.2, 0.25) is 5.16 Å². The molecular formula is C20H21N5O2S2. The molecule has 3 aromatic heterocycles. The van der Waals surface area contributed by atoms with E-state index in [0.717, 1.165) is 33.2 Å². The minimum absolute atomic E-state index is 0.633. The molecule has 0 fully saturated rings. The zero-order valence-electron chi connectivity index (χ0n) is 16.9.